The first kappa shape index (κ1) is 17.9. The van der Waals surface area contributed by atoms with Gasteiger partial charge < -0.3 is 15.4 Å². The van der Waals surface area contributed by atoms with Gasteiger partial charge in [-0.15, -0.1) is 0 Å². The number of carbonyl (C=O) groups is 1. The second kappa shape index (κ2) is 8.05. The lowest BCUT2D eigenvalue weighted by molar-refractivity contribution is -0.122. The smallest absolute Gasteiger partial charge is 0.220 e. The van der Waals surface area contributed by atoms with Gasteiger partial charge >= 0.3 is 0 Å². The van der Waals surface area contributed by atoms with E-state index in [1.807, 2.05) is 0 Å². The van der Waals surface area contributed by atoms with E-state index < -0.39 is 5.82 Å². The Balaban J connectivity index is 1.28. The Labute approximate surface area is 158 Å². The number of aromatic nitrogens is 1. The van der Waals surface area contributed by atoms with Crippen LogP contribution in [-0.4, -0.2) is 23.0 Å². The van der Waals surface area contributed by atoms with Crippen molar-refractivity contribution in [2.75, 3.05) is 0 Å². The Morgan fingerprint density at radius 1 is 1.26 bits per heavy atom. The van der Waals surface area contributed by atoms with Crippen molar-refractivity contribution in [3.63, 3.8) is 0 Å². The Morgan fingerprint density at radius 2 is 2.07 bits per heavy atom. The minimum Gasteiger partial charge on any atom is -0.453 e. The zero-order valence-corrected chi connectivity index (χ0v) is 15.2. The van der Waals surface area contributed by atoms with E-state index in [1.54, 1.807) is 30.5 Å². The molecule has 2 aliphatic rings. The summed E-state index contributed by atoms with van der Waals surface area (Å²) >= 11 is 0. The summed E-state index contributed by atoms with van der Waals surface area (Å²) in [7, 11) is 0. The number of nitrogens with zero attached hydrogens (tertiary/aromatic N) is 1. The first-order valence-electron chi connectivity index (χ1n) is 9.55. The van der Waals surface area contributed by atoms with Gasteiger partial charge in [0.2, 0.25) is 5.91 Å². The second-order valence-electron chi connectivity index (χ2n) is 7.51. The molecule has 2 atom stereocenters. The molecule has 4 rings (SSSR count). The fraction of sp³-hybridized carbons (Fsp3) is 0.429. The third-order valence-electron chi connectivity index (χ3n) is 5.39. The fourth-order valence-electron chi connectivity index (χ4n) is 4.15. The van der Waals surface area contributed by atoms with Crippen molar-refractivity contribution in [2.45, 2.75) is 50.7 Å². The lowest BCUT2D eigenvalue weighted by Gasteiger charge is -2.28. The molecule has 0 spiro atoms. The molecule has 5 nitrogen and oxygen atoms in total. The number of hydrogen-bond acceptors (Lipinski definition) is 4. The van der Waals surface area contributed by atoms with Crippen LogP contribution in [0.3, 0.4) is 0 Å². The van der Waals surface area contributed by atoms with Crippen molar-refractivity contribution >= 4 is 5.91 Å². The van der Waals surface area contributed by atoms with Crippen LogP contribution < -0.4 is 15.4 Å². The van der Waals surface area contributed by atoms with Gasteiger partial charge in [0.1, 0.15) is 5.75 Å². The third kappa shape index (κ3) is 4.63. The molecule has 2 saturated heterocycles. The van der Waals surface area contributed by atoms with E-state index in [9.17, 15) is 9.18 Å². The van der Waals surface area contributed by atoms with Crippen molar-refractivity contribution < 1.29 is 13.9 Å². The number of pyridine rings is 1. The van der Waals surface area contributed by atoms with Crippen molar-refractivity contribution in [2.24, 2.45) is 5.92 Å². The van der Waals surface area contributed by atoms with Crippen LogP contribution in [0.25, 0.3) is 0 Å². The van der Waals surface area contributed by atoms with Crippen LogP contribution in [0.1, 0.15) is 37.7 Å². The predicted octanol–water partition coefficient (Wildman–Crippen LogP) is 3.55. The number of ether oxygens (including phenoxy) is 1. The molecule has 2 N–H and O–H groups in total. The SMILES string of the molecule is O=C(CC1CC2CCC(C1)N2)NCc1ccc(Oc2cccnc2)c(F)c1. The Morgan fingerprint density at radius 3 is 2.78 bits per heavy atom. The van der Waals surface area contributed by atoms with E-state index in [1.165, 1.54) is 25.1 Å². The van der Waals surface area contributed by atoms with Gasteiger partial charge in [-0.2, -0.15) is 0 Å². The molecule has 1 amide bonds. The zero-order valence-electron chi connectivity index (χ0n) is 15.2. The van der Waals surface area contributed by atoms with Crippen LogP contribution in [-0.2, 0) is 11.3 Å². The number of fused-ring (bicyclic) bond motifs is 2. The van der Waals surface area contributed by atoms with Gasteiger partial charge in [-0.3, -0.25) is 9.78 Å². The van der Waals surface area contributed by atoms with Crippen molar-refractivity contribution in [3.8, 4) is 11.5 Å². The van der Waals surface area contributed by atoms with Crippen LogP contribution >= 0.6 is 0 Å². The lowest BCUT2D eigenvalue weighted by atomic mass is 9.89. The van der Waals surface area contributed by atoms with Gasteiger partial charge in [0.05, 0.1) is 6.20 Å². The number of hydrogen-bond donors (Lipinski definition) is 2. The predicted molar refractivity (Wildman–Crippen MR) is 99.8 cm³/mol. The maximum absolute atomic E-state index is 14.3. The molecular weight excluding hydrogens is 345 g/mol. The summed E-state index contributed by atoms with van der Waals surface area (Å²) in [5.74, 6) is 0.658. The number of nitrogens with one attached hydrogen (secondary N) is 2. The second-order valence-corrected chi connectivity index (χ2v) is 7.51. The topological polar surface area (TPSA) is 63.2 Å². The third-order valence-corrected chi connectivity index (χ3v) is 5.39. The van der Waals surface area contributed by atoms with Crippen molar-refractivity contribution in [3.05, 3.63) is 54.1 Å². The molecule has 6 heteroatoms. The number of piperidine rings is 1. The minimum absolute atomic E-state index is 0.0393. The monoisotopic (exact) mass is 369 g/mol. The number of amides is 1. The Hall–Kier alpha value is -2.47. The van der Waals surface area contributed by atoms with Gasteiger partial charge in [-0.25, -0.2) is 4.39 Å². The summed E-state index contributed by atoms with van der Waals surface area (Å²) in [4.78, 5) is 16.2. The van der Waals surface area contributed by atoms with Crippen LogP contribution in [0.4, 0.5) is 4.39 Å². The van der Waals surface area contributed by atoms with E-state index in [0.717, 1.165) is 12.8 Å². The van der Waals surface area contributed by atoms with E-state index >= 15 is 0 Å². The molecule has 3 heterocycles. The van der Waals surface area contributed by atoms with Crippen LogP contribution in [0.15, 0.2) is 42.7 Å². The quantitative estimate of drug-likeness (QED) is 0.817. The molecule has 142 valence electrons. The molecule has 0 radical (unpaired) electrons. The summed E-state index contributed by atoms with van der Waals surface area (Å²) in [6.07, 6.45) is 8.34. The molecule has 2 aliphatic heterocycles. The highest BCUT2D eigenvalue weighted by molar-refractivity contribution is 5.76. The molecule has 2 aromatic rings. The molecular formula is C21H24FN3O2. The van der Waals surface area contributed by atoms with Gasteiger partial charge in [-0.05, 0) is 61.4 Å². The highest BCUT2D eigenvalue weighted by Crippen LogP contribution is 2.32. The first-order valence-corrected chi connectivity index (χ1v) is 9.55. The summed E-state index contributed by atoms with van der Waals surface area (Å²) < 4.78 is 19.7. The van der Waals surface area contributed by atoms with Gasteiger partial charge in [0, 0.05) is 31.2 Å². The van der Waals surface area contributed by atoms with Gasteiger partial charge in [0.15, 0.2) is 11.6 Å². The van der Waals surface area contributed by atoms with E-state index in [4.69, 9.17) is 4.74 Å². The normalized spacial score (nSPS) is 23.8. The maximum atomic E-state index is 14.3. The number of rotatable bonds is 6. The number of halogens is 1. The molecule has 1 aromatic heterocycles. The summed E-state index contributed by atoms with van der Waals surface area (Å²) in [6.45, 7) is 0.320. The summed E-state index contributed by atoms with van der Waals surface area (Å²) in [5.41, 5.74) is 0.713. The molecule has 0 saturated carbocycles. The van der Waals surface area contributed by atoms with E-state index in [-0.39, 0.29) is 11.7 Å². The largest absolute Gasteiger partial charge is 0.453 e. The molecule has 2 unspecified atom stereocenters. The van der Waals surface area contributed by atoms with Gasteiger partial charge in [0.25, 0.3) is 0 Å². The Kier molecular flexibility index (Phi) is 5.34. The lowest BCUT2D eigenvalue weighted by Crippen LogP contribution is -2.39. The summed E-state index contributed by atoms with van der Waals surface area (Å²) in [6, 6.07) is 9.36. The van der Waals surface area contributed by atoms with Gasteiger partial charge in [-0.1, -0.05) is 6.07 Å². The Bertz CT molecular complexity index is 787. The molecule has 1 aromatic carbocycles. The standard InChI is InChI=1S/C21H24FN3O2/c22-19-10-14(3-6-20(19)27-18-2-1-7-23-13-18)12-24-21(26)11-15-8-16-4-5-17(9-15)25-16/h1-3,6-7,10,13,15-17,25H,4-5,8-9,11-12H2,(H,24,26). The maximum Gasteiger partial charge on any atom is 0.220 e. The van der Waals surface area contributed by atoms with E-state index in [0.29, 0.717) is 42.3 Å². The average Bonchev–Trinajstić information content (AvgIpc) is 3.01. The van der Waals surface area contributed by atoms with E-state index in [2.05, 4.69) is 15.6 Å². The molecule has 2 fully saturated rings. The zero-order chi connectivity index (χ0) is 18.6. The van der Waals surface area contributed by atoms with Crippen LogP contribution in [0.2, 0.25) is 0 Å². The minimum atomic E-state index is -0.458. The molecule has 2 bridgehead atoms. The molecule has 0 aliphatic carbocycles. The number of carbonyl (C=O) groups excluding carboxylic acids is 1. The van der Waals surface area contributed by atoms with Crippen LogP contribution in [0, 0.1) is 11.7 Å². The first-order chi connectivity index (χ1) is 13.2. The average molecular weight is 369 g/mol. The fourth-order valence-corrected chi connectivity index (χ4v) is 4.15. The summed E-state index contributed by atoms with van der Waals surface area (Å²) in [5, 5.41) is 6.51. The van der Waals surface area contributed by atoms with Crippen LogP contribution in [0.5, 0.6) is 11.5 Å². The highest BCUT2D eigenvalue weighted by atomic mass is 19.1. The number of benzene rings is 1. The highest BCUT2D eigenvalue weighted by Gasteiger charge is 2.34. The van der Waals surface area contributed by atoms with Crippen molar-refractivity contribution in [1.82, 2.24) is 15.6 Å². The van der Waals surface area contributed by atoms with Crippen molar-refractivity contribution in [1.29, 1.82) is 0 Å². The molecule has 27 heavy (non-hydrogen) atoms.